The van der Waals surface area contributed by atoms with Crippen LogP contribution in [0, 0.1) is 0 Å². The molecule has 18 heavy (non-hydrogen) atoms. The molecule has 0 saturated heterocycles. The van der Waals surface area contributed by atoms with Gasteiger partial charge in [0.1, 0.15) is 0 Å². The lowest BCUT2D eigenvalue weighted by molar-refractivity contribution is 0.265. The van der Waals surface area contributed by atoms with Crippen LogP contribution in [0.25, 0.3) is 0 Å². The third kappa shape index (κ3) is 2.98. The largest absolute Gasteiger partial charge is 0.467 e. The number of methoxy groups -OCH3 is 1. The van der Waals surface area contributed by atoms with Crippen molar-refractivity contribution in [2.24, 2.45) is 0 Å². The number of aliphatic hydroxyl groups is 1. The first-order valence-electron chi connectivity index (χ1n) is 6.14. The number of nitrogens with one attached hydrogen (secondary N) is 2. The van der Waals surface area contributed by atoms with Crippen molar-refractivity contribution in [3.8, 4) is 6.01 Å². The van der Waals surface area contributed by atoms with Gasteiger partial charge in [-0.1, -0.05) is 6.92 Å². The zero-order chi connectivity index (χ0) is 13.0. The second kappa shape index (κ2) is 5.34. The van der Waals surface area contributed by atoms with Crippen molar-refractivity contribution in [3.05, 3.63) is 0 Å². The van der Waals surface area contributed by atoms with Gasteiger partial charge in [0.15, 0.2) is 0 Å². The summed E-state index contributed by atoms with van der Waals surface area (Å²) in [6.45, 7) is 2.94. The molecule has 0 aliphatic heterocycles. The summed E-state index contributed by atoms with van der Waals surface area (Å²) in [7, 11) is 1.52. The maximum Gasteiger partial charge on any atom is 0.322 e. The molecule has 1 heterocycles. The van der Waals surface area contributed by atoms with E-state index in [0.717, 1.165) is 25.8 Å². The van der Waals surface area contributed by atoms with E-state index in [1.54, 1.807) is 0 Å². The number of ether oxygens (including phenoxy) is 1. The van der Waals surface area contributed by atoms with Crippen molar-refractivity contribution in [2.45, 2.75) is 31.7 Å². The SMILES string of the molecule is CCCNc1nc(NC2(CO)CC2)nc(OC)n1. The highest BCUT2D eigenvalue weighted by Crippen LogP contribution is 2.37. The van der Waals surface area contributed by atoms with Crippen LogP contribution in [0.4, 0.5) is 11.9 Å². The molecule has 0 aromatic carbocycles. The minimum Gasteiger partial charge on any atom is -0.467 e. The van der Waals surface area contributed by atoms with Gasteiger partial charge < -0.3 is 20.5 Å². The predicted molar refractivity (Wildman–Crippen MR) is 67.8 cm³/mol. The van der Waals surface area contributed by atoms with Crippen LogP contribution >= 0.6 is 0 Å². The minimum absolute atomic E-state index is 0.0821. The molecule has 0 atom stereocenters. The van der Waals surface area contributed by atoms with Gasteiger partial charge in [-0.2, -0.15) is 15.0 Å². The molecule has 0 amide bonds. The first-order chi connectivity index (χ1) is 8.71. The second-order valence-electron chi connectivity index (χ2n) is 4.46. The third-order valence-electron chi connectivity index (χ3n) is 2.86. The molecule has 7 nitrogen and oxygen atoms in total. The van der Waals surface area contributed by atoms with Gasteiger partial charge in [-0.25, -0.2) is 0 Å². The second-order valence-corrected chi connectivity index (χ2v) is 4.46. The van der Waals surface area contributed by atoms with Gasteiger partial charge in [0.05, 0.1) is 19.3 Å². The molecule has 1 fully saturated rings. The van der Waals surface area contributed by atoms with Crippen molar-refractivity contribution in [2.75, 3.05) is 30.9 Å². The van der Waals surface area contributed by atoms with Crippen LogP contribution in [0.15, 0.2) is 0 Å². The number of aromatic nitrogens is 3. The highest BCUT2D eigenvalue weighted by molar-refractivity contribution is 5.40. The molecule has 3 N–H and O–H groups in total. The highest BCUT2D eigenvalue weighted by Gasteiger charge is 2.42. The van der Waals surface area contributed by atoms with Crippen molar-refractivity contribution in [1.82, 2.24) is 15.0 Å². The standard InChI is InChI=1S/C11H19N5O2/c1-3-6-12-8-13-9(15-10(14-8)18-2)16-11(7-17)4-5-11/h17H,3-7H2,1-2H3,(H2,12,13,14,15,16). The Labute approximate surface area is 106 Å². The quantitative estimate of drug-likeness (QED) is 0.656. The van der Waals surface area contributed by atoms with Gasteiger partial charge in [0, 0.05) is 6.54 Å². The first-order valence-corrected chi connectivity index (χ1v) is 6.14. The molecule has 0 spiro atoms. The van der Waals surface area contributed by atoms with E-state index in [4.69, 9.17) is 4.74 Å². The monoisotopic (exact) mass is 253 g/mol. The summed E-state index contributed by atoms with van der Waals surface area (Å²) in [6, 6.07) is 0.264. The number of aliphatic hydroxyl groups excluding tert-OH is 1. The first kappa shape index (κ1) is 12.8. The van der Waals surface area contributed by atoms with Crippen LogP contribution in [-0.2, 0) is 0 Å². The van der Waals surface area contributed by atoms with E-state index in [-0.39, 0.29) is 18.2 Å². The number of hydrogen-bond acceptors (Lipinski definition) is 7. The Bertz CT molecular complexity index is 408. The van der Waals surface area contributed by atoms with Gasteiger partial charge in [-0.3, -0.25) is 0 Å². The maximum atomic E-state index is 9.27. The molecule has 1 aromatic heterocycles. The Morgan fingerprint density at radius 2 is 2.00 bits per heavy atom. The molecule has 0 unspecified atom stereocenters. The number of anilines is 2. The molecular weight excluding hydrogens is 234 g/mol. The molecule has 0 radical (unpaired) electrons. The summed E-state index contributed by atoms with van der Waals surface area (Å²) >= 11 is 0. The lowest BCUT2D eigenvalue weighted by atomic mass is 10.3. The van der Waals surface area contributed by atoms with Gasteiger partial charge in [-0.05, 0) is 19.3 Å². The zero-order valence-corrected chi connectivity index (χ0v) is 10.7. The van der Waals surface area contributed by atoms with E-state index in [9.17, 15) is 5.11 Å². The van der Waals surface area contributed by atoms with Crippen LogP contribution in [-0.4, -0.2) is 45.9 Å². The van der Waals surface area contributed by atoms with E-state index in [1.165, 1.54) is 7.11 Å². The summed E-state index contributed by atoms with van der Waals surface area (Å²) in [4.78, 5) is 12.5. The molecule has 1 saturated carbocycles. The summed E-state index contributed by atoms with van der Waals surface area (Å²) in [6.07, 6.45) is 2.84. The third-order valence-corrected chi connectivity index (χ3v) is 2.86. The Hall–Kier alpha value is -1.63. The van der Waals surface area contributed by atoms with Gasteiger partial charge >= 0.3 is 6.01 Å². The zero-order valence-electron chi connectivity index (χ0n) is 10.7. The van der Waals surface area contributed by atoms with Crippen LogP contribution in [0.1, 0.15) is 26.2 Å². The van der Waals surface area contributed by atoms with Crippen molar-refractivity contribution < 1.29 is 9.84 Å². The van der Waals surface area contributed by atoms with E-state index in [0.29, 0.717) is 11.9 Å². The van der Waals surface area contributed by atoms with E-state index in [1.807, 2.05) is 0 Å². The predicted octanol–water partition coefficient (Wildman–Crippen LogP) is 0.639. The smallest absolute Gasteiger partial charge is 0.322 e. The van der Waals surface area contributed by atoms with Crippen molar-refractivity contribution in [1.29, 1.82) is 0 Å². The molecule has 2 rings (SSSR count). The van der Waals surface area contributed by atoms with E-state index >= 15 is 0 Å². The minimum atomic E-state index is -0.256. The molecule has 0 bridgehead atoms. The fraction of sp³-hybridized carbons (Fsp3) is 0.727. The van der Waals surface area contributed by atoms with Crippen LogP contribution in [0.5, 0.6) is 6.01 Å². The van der Waals surface area contributed by atoms with Crippen LogP contribution in [0.3, 0.4) is 0 Å². The Balaban J connectivity index is 2.12. The van der Waals surface area contributed by atoms with Gasteiger partial charge in [-0.15, -0.1) is 0 Å². The average Bonchev–Trinajstić information content (AvgIpc) is 3.16. The molecular formula is C11H19N5O2. The highest BCUT2D eigenvalue weighted by atomic mass is 16.5. The summed E-state index contributed by atoms with van der Waals surface area (Å²) < 4.78 is 5.04. The fourth-order valence-electron chi connectivity index (χ4n) is 1.53. The summed E-state index contributed by atoms with van der Waals surface area (Å²) in [5.74, 6) is 0.923. The lowest BCUT2D eigenvalue weighted by Crippen LogP contribution is -2.27. The molecule has 1 aromatic rings. The lowest BCUT2D eigenvalue weighted by Gasteiger charge is -2.15. The molecule has 1 aliphatic rings. The average molecular weight is 253 g/mol. The van der Waals surface area contributed by atoms with Crippen LogP contribution in [0.2, 0.25) is 0 Å². The molecule has 7 heteroatoms. The maximum absolute atomic E-state index is 9.27. The van der Waals surface area contributed by atoms with E-state index in [2.05, 4.69) is 32.5 Å². The van der Waals surface area contributed by atoms with Crippen molar-refractivity contribution >= 4 is 11.9 Å². The van der Waals surface area contributed by atoms with E-state index < -0.39 is 0 Å². The Kier molecular flexibility index (Phi) is 3.81. The number of hydrogen-bond donors (Lipinski definition) is 3. The Morgan fingerprint density at radius 1 is 1.28 bits per heavy atom. The normalized spacial score (nSPS) is 16.2. The summed E-state index contributed by atoms with van der Waals surface area (Å²) in [5, 5.41) is 15.5. The van der Waals surface area contributed by atoms with Gasteiger partial charge in [0.25, 0.3) is 0 Å². The van der Waals surface area contributed by atoms with Crippen molar-refractivity contribution in [3.63, 3.8) is 0 Å². The van der Waals surface area contributed by atoms with Crippen LogP contribution < -0.4 is 15.4 Å². The Morgan fingerprint density at radius 3 is 2.56 bits per heavy atom. The number of rotatable bonds is 7. The summed E-state index contributed by atoms with van der Waals surface area (Å²) in [5.41, 5.74) is -0.256. The number of nitrogens with zero attached hydrogens (tertiary/aromatic N) is 3. The van der Waals surface area contributed by atoms with Gasteiger partial charge in [0.2, 0.25) is 11.9 Å². The molecule has 1 aliphatic carbocycles. The molecule has 100 valence electrons. The topological polar surface area (TPSA) is 92.2 Å². The fourth-order valence-corrected chi connectivity index (χ4v) is 1.53.